The number of hydrogen-bond donors (Lipinski definition) is 1. The lowest BCUT2D eigenvalue weighted by Gasteiger charge is -2.44. The number of carbonyl (C=O) groups excluding carboxylic acids is 2. The number of carbonyl (C=O) groups is 2. The Hall–Kier alpha value is -4.51. The standard InChI is InChI=1S/C41H46N2O3/c1-30-22-25-36(41(2,3)35-24-23-32-17-12-13-20-34(32)28-35)38(27-30)46-40(45)37(43-39(44)33-18-9-5-10-19-33)21-11-6-14-26-42-29-31-15-7-4-8-16-31/h4-5,7-13,15-21,23-24,28-30,36-38H,6,14,22,25-27H2,1-3H3,(H,43,44)/b21-11+,42-29?/t30-,36-,37+,38-/m1/s1. The highest BCUT2D eigenvalue weighted by Crippen LogP contribution is 2.44. The fourth-order valence-electron chi connectivity index (χ4n) is 6.55. The number of esters is 1. The number of unbranched alkanes of at least 4 members (excludes halogenated alkanes) is 1. The van der Waals surface area contributed by atoms with Crippen molar-refractivity contribution in [2.45, 2.75) is 70.4 Å². The van der Waals surface area contributed by atoms with Crippen LogP contribution in [-0.4, -0.2) is 36.8 Å². The van der Waals surface area contributed by atoms with Crippen LogP contribution in [-0.2, 0) is 14.9 Å². The zero-order valence-electron chi connectivity index (χ0n) is 27.3. The summed E-state index contributed by atoms with van der Waals surface area (Å²) >= 11 is 0. The Morgan fingerprint density at radius 3 is 2.37 bits per heavy atom. The molecule has 5 nitrogen and oxygen atoms in total. The zero-order chi connectivity index (χ0) is 32.4. The summed E-state index contributed by atoms with van der Waals surface area (Å²) in [6.45, 7) is 7.45. The van der Waals surface area contributed by atoms with Gasteiger partial charge in [-0.05, 0) is 71.0 Å². The molecule has 0 saturated heterocycles. The average Bonchev–Trinajstić information content (AvgIpc) is 3.07. The van der Waals surface area contributed by atoms with E-state index >= 15 is 0 Å². The molecule has 46 heavy (non-hydrogen) atoms. The first-order valence-electron chi connectivity index (χ1n) is 16.6. The predicted octanol–water partition coefficient (Wildman–Crippen LogP) is 8.72. The SMILES string of the molecule is C[C@@H]1CC[C@@H](C(C)(C)c2ccc3ccccc3c2)[C@H](OC(=O)[C@H](/C=C/CCCN=Cc2ccccc2)NC(=O)c2ccccc2)C1. The Labute approximate surface area is 273 Å². The molecule has 0 unspecified atom stereocenters. The number of fused-ring (bicyclic) bond motifs is 1. The van der Waals surface area contributed by atoms with Crippen molar-refractivity contribution in [3.8, 4) is 0 Å². The highest BCUT2D eigenvalue weighted by atomic mass is 16.5. The van der Waals surface area contributed by atoms with Crippen LogP contribution in [0.3, 0.4) is 0 Å². The first kappa shape index (κ1) is 32.9. The molecule has 1 aliphatic rings. The van der Waals surface area contributed by atoms with Crippen LogP contribution in [0.5, 0.6) is 0 Å². The number of aliphatic imine (C=N–C) groups is 1. The molecule has 5 heteroatoms. The summed E-state index contributed by atoms with van der Waals surface area (Å²) in [6, 6.07) is 33.2. The number of rotatable bonds is 12. The molecule has 4 aromatic rings. The maximum Gasteiger partial charge on any atom is 0.333 e. The van der Waals surface area contributed by atoms with Crippen LogP contribution >= 0.6 is 0 Å². The fourth-order valence-corrected chi connectivity index (χ4v) is 6.55. The monoisotopic (exact) mass is 614 g/mol. The lowest BCUT2D eigenvalue weighted by molar-refractivity contribution is -0.157. The number of nitrogens with one attached hydrogen (secondary N) is 1. The molecule has 1 N–H and O–H groups in total. The van der Waals surface area contributed by atoms with E-state index in [2.05, 4.69) is 73.5 Å². The van der Waals surface area contributed by atoms with Crippen LogP contribution in [0.25, 0.3) is 10.8 Å². The van der Waals surface area contributed by atoms with E-state index < -0.39 is 12.0 Å². The molecule has 238 valence electrons. The van der Waals surface area contributed by atoms with Gasteiger partial charge in [0, 0.05) is 24.2 Å². The van der Waals surface area contributed by atoms with E-state index in [-0.39, 0.29) is 23.3 Å². The van der Waals surface area contributed by atoms with Gasteiger partial charge in [0.25, 0.3) is 5.91 Å². The fraction of sp³-hybridized carbons (Fsp3) is 0.341. The summed E-state index contributed by atoms with van der Waals surface area (Å²) in [5.74, 6) is -0.123. The summed E-state index contributed by atoms with van der Waals surface area (Å²) < 4.78 is 6.38. The molecule has 4 aromatic carbocycles. The van der Waals surface area contributed by atoms with E-state index in [0.29, 0.717) is 18.0 Å². The summed E-state index contributed by atoms with van der Waals surface area (Å²) in [6.07, 6.45) is 9.78. The van der Waals surface area contributed by atoms with Crippen molar-refractivity contribution < 1.29 is 14.3 Å². The maximum atomic E-state index is 13.9. The second-order valence-corrected chi connectivity index (χ2v) is 13.1. The van der Waals surface area contributed by atoms with Gasteiger partial charge in [0.2, 0.25) is 0 Å². The highest BCUT2D eigenvalue weighted by molar-refractivity contribution is 5.97. The predicted molar refractivity (Wildman–Crippen MR) is 188 cm³/mol. The van der Waals surface area contributed by atoms with E-state index in [9.17, 15) is 9.59 Å². The van der Waals surface area contributed by atoms with Crippen molar-refractivity contribution in [1.82, 2.24) is 5.32 Å². The highest BCUT2D eigenvalue weighted by Gasteiger charge is 2.42. The molecule has 1 saturated carbocycles. The first-order chi connectivity index (χ1) is 22.3. The van der Waals surface area contributed by atoms with Crippen LogP contribution < -0.4 is 5.32 Å². The van der Waals surface area contributed by atoms with Gasteiger partial charge in [-0.2, -0.15) is 0 Å². The molecule has 1 amide bonds. The van der Waals surface area contributed by atoms with Crippen molar-refractivity contribution in [2.75, 3.05) is 6.54 Å². The van der Waals surface area contributed by atoms with E-state index in [1.807, 2.05) is 60.8 Å². The topological polar surface area (TPSA) is 67.8 Å². The van der Waals surface area contributed by atoms with Gasteiger partial charge in [-0.15, -0.1) is 0 Å². The summed E-state index contributed by atoms with van der Waals surface area (Å²) in [5, 5.41) is 5.36. The van der Waals surface area contributed by atoms with Crippen molar-refractivity contribution >= 4 is 28.9 Å². The lowest BCUT2D eigenvalue weighted by atomic mass is 9.64. The number of ether oxygens (including phenoxy) is 1. The van der Waals surface area contributed by atoms with Gasteiger partial charge in [-0.1, -0.05) is 130 Å². The second kappa shape index (κ2) is 15.7. The molecule has 1 fully saturated rings. The smallest absolute Gasteiger partial charge is 0.333 e. The van der Waals surface area contributed by atoms with Gasteiger partial charge < -0.3 is 10.1 Å². The van der Waals surface area contributed by atoms with Crippen molar-refractivity contribution in [2.24, 2.45) is 16.8 Å². The van der Waals surface area contributed by atoms with Gasteiger partial charge in [-0.3, -0.25) is 9.79 Å². The molecule has 1 aliphatic carbocycles. The molecule has 5 rings (SSSR count). The van der Waals surface area contributed by atoms with E-state index in [0.717, 1.165) is 37.7 Å². The Balaban J connectivity index is 1.29. The molecule has 0 bridgehead atoms. The third-order valence-electron chi connectivity index (χ3n) is 9.34. The van der Waals surface area contributed by atoms with Gasteiger partial charge >= 0.3 is 5.97 Å². The van der Waals surface area contributed by atoms with E-state index in [1.165, 1.54) is 16.3 Å². The third-order valence-corrected chi connectivity index (χ3v) is 9.34. The largest absolute Gasteiger partial charge is 0.460 e. The van der Waals surface area contributed by atoms with Gasteiger partial charge in [0.15, 0.2) is 0 Å². The zero-order valence-corrected chi connectivity index (χ0v) is 27.3. The van der Waals surface area contributed by atoms with Crippen LogP contribution in [0, 0.1) is 11.8 Å². The molecule has 0 radical (unpaired) electrons. The minimum atomic E-state index is -0.887. The Morgan fingerprint density at radius 1 is 0.913 bits per heavy atom. The Kier molecular flexibility index (Phi) is 11.2. The van der Waals surface area contributed by atoms with Crippen LogP contribution in [0.4, 0.5) is 0 Å². The van der Waals surface area contributed by atoms with Gasteiger partial charge in [0.1, 0.15) is 12.1 Å². The summed E-state index contributed by atoms with van der Waals surface area (Å²) in [7, 11) is 0. The van der Waals surface area contributed by atoms with Crippen molar-refractivity contribution in [3.05, 3.63) is 132 Å². The van der Waals surface area contributed by atoms with Gasteiger partial charge in [-0.25, -0.2) is 4.79 Å². The van der Waals surface area contributed by atoms with Gasteiger partial charge in [0.05, 0.1) is 0 Å². The van der Waals surface area contributed by atoms with Crippen molar-refractivity contribution in [3.63, 3.8) is 0 Å². The second-order valence-electron chi connectivity index (χ2n) is 13.1. The van der Waals surface area contributed by atoms with E-state index in [4.69, 9.17) is 4.74 Å². The number of allylic oxidation sites excluding steroid dienone is 1. The Bertz CT molecular complexity index is 1640. The van der Waals surface area contributed by atoms with Crippen LogP contribution in [0.1, 0.15) is 74.4 Å². The minimum Gasteiger partial charge on any atom is -0.460 e. The number of benzene rings is 4. The maximum absolute atomic E-state index is 13.9. The quantitative estimate of drug-likeness (QED) is 0.0751. The van der Waals surface area contributed by atoms with E-state index in [1.54, 1.807) is 18.2 Å². The molecule has 0 aliphatic heterocycles. The first-order valence-corrected chi connectivity index (χ1v) is 16.6. The molecule has 4 atom stereocenters. The minimum absolute atomic E-state index is 0.144. The molecule has 0 heterocycles. The molecular formula is C41H46N2O3. The molecule has 0 aromatic heterocycles. The number of amides is 1. The number of hydrogen-bond acceptors (Lipinski definition) is 4. The Morgan fingerprint density at radius 2 is 1.61 bits per heavy atom. The number of nitrogens with zero attached hydrogens (tertiary/aromatic N) is 1. The van der Waals surface area contributed by atoms with Crippen molar-refractivity contribution in [1.29, 1.82) is 0 Å². The molecular weight excluding hydrogens is 568 g/mol. The van der Waals surface area contributed by atoms with Crippen LogP contribution in [0.15, 0.2) is 120 Å². The normalized spacial score (nSPS) is 19.3. The van der Waals surface area contributed by atoms with Crippen LogP contribution in [0.2, 0.25) is 0 Å². The molecule has 0 spiro atoms. The average molecular weight is 615 g/mol. The summed E-state index contributed by atoms with van der Waals surface area (Å²) in [5.41, 5.74) is 2.61. The third kappa shape index (κ3) is 8.60. The lowest BCUT2D eigenvalue weighted by Crippen LogP contribution is -2.47. The summed E-state index contributed by atoms with van der Waals surface area (Å²) in [4.78, 5) is 31.6.